The van der Waals surface area contributed by atoms with Crippen LogP contribution in [0.5, 0.6) is 0 Å². The molecule has 21 heavy (non-hydrogen) atoms. The quantitative estimate of drug-likeness (QED) is 0.819. The average molecular weight is 301 g/mol. The predicted molar refractivity (Wildman–Crippen MR) is 80.7 cm³/mol. The molecule has 1 aliphatic rings. The van der Waals surface area contributed by atoms with E-state index in [2.05, 4.69) is 5.16 Å². The number of hydrogen-bond donors (Lipinski definition) is 0. The van der Waals surface area contributed by atoms with Crippen LogP contribution in [0.4, 0.5) is 0 Å². The zero-order valence-electron chi connectivity index (χ0n) is 11.6. The minimum absolute atomic E-state index is 0.115. The molecule has 2 aromatic rings. The SMILES string of the molecule is Cc1ccc(S(=O)(=O)O/N=C2/CCc3ccccc32)cc1. The fourth-order valence-electron chi connectivity index (χ4n) is 2.34. The molecule has 108 valence electrons. The van der Waals surface area contributed by atoms with Gasteiger partial charge >= 0.3 is 10.1 Å². The van der Waals surface area contributed by atoms with Gasteiger partial charge in [-0.2, -0.15) is 8.42 Å². The molecule has 0 bridgehead atoms. The van der Waals surface area contributed by atoms with Crippen molar-refractivity contribution in [3.05, 3.63) is 65.2 Å². The summed E-state index contributed by atoms with van der Waals surface area (Å²) < 4.78 is 29.0. The Balaban J connectivity index is 1.85. The third kappa shape index (κ3) is 2.83. The van der Waals surface area contributed by atoms with Crippen LogP contribution in [0.25, 0.3) is 0 Å². The van der Waals surface area contributed by atoms with Gasteiger partial charge in [0.2, 0.25) is 0 Å². The lowest BCUT2D eigenvalue weighted by atomic mass is 10.1. The van der Waals surface area contributed by atoms with Gasteiger partial charge in [-0.1, -0.05) is 47.1 Å². The highest BCUT2D eigenvalue weighted by atomic mass is 32.2. The monoisotopic (exact) mass is 301 g/mol. The molecule has 0 saturated heterocycles. The van der Waals surface area contributed by atoms with Crippen LogP contribution in [0.15, 0.2) is 58.6 Å². The Hall–Kier alpha value is -2.14. The molecule has 0 N–H and O–H groups in total. The highest BCUT2D eigenvalue weighted by molar-refractivity contribution is 7.86. The number of nitrogens with zero attached hydrogens (tertiary/aromatic N) is 1. The number of hydrogen-bond acceptors (Lipinski definition) is 4. The molecule has 0 aromatic heterocycles. The minimum atomic E-state index is -3.85. The summed E-state index contributed by atoms with van der Waals surface area (Å²) >= 11 is 0. The lowest BCUT2D eigenvalue weighted by molar-refractivity contribution is 0.338. The van der Waals surface area contributed by atoms with E-state index < -0.39 is 10.1 Å². The molecule has 3 rings (SSSR count). The molecular formula is C16H15NO3S. The van der Waals surface area contributed by atoms with E-state index in [1.807, 2.05) is 31.2 Å². The maximum atomic E-state index is 12.1. The van der Waals surface area contributed by atoms with Crippen LogP contribution in [0.1, 0.15) is 23.1 Å². The van der Waals surface area contributed by atoms with E-state index in [0.29, 0.717) is 12.1 Å². The standard InChI is InChI=1S/C16H15NO3S/c1-12-6-9-14(10-7-12)21(18,19)20-17-16-11-8-13-4-2-3-5-15(13)16/h2-7,9-10H,8,11H2,1H3/b17-16-. The van der Waals surface area contributed by atoms with Crippen LogP contribution in [0.3, 0.4) is 0 Å². The first-order valence-corrected chi connectivity index (χ1v) is 8.12. The number of rotatable bonds is 3. The lowest BCUT2D eigenvalue weighted by Crippen LogP contribution is -2.05. The highest BCUT2D eigenvalue weighted by Gasteiger charge is 2.20. The van der Waals surface area contributed by atoms with Crippen LogP contribution < -0.4 is 0 Å². The molecule has 0 radical (unpaired) electrons. The molecular weight excluding hydrogens is 286 g/mol. The Kier molecular flexibility index (Phi) is 3.51. The molecule has 5 heteroatoms. The molecule has 0 fully saturated rings. The van der Waals surface area contributed by atoms with Crippen molar-refractivity contribution in [2.45, 2.75) is 24.7 Å². The summed E-state index contributed by atoms with van der Waals surface area (Å²) in [4.78, 5) is 0.115. The number of oxime groups is 1. The van der Waals surface area contributed by atoms with Crippen molar-refractivity contribution in [3.8, 4) is 0 Å². The molecule has 1 aliphatic carbocycles. The third-order valence-electron chi connectivity index (χ3n) is 3.51. The van der Waals surface area contributed by atoms with Gasteiger partial charge in [-0.15, -0.1) is 0 Å². The molecule has 0 aliphatic heterocycles. The molecule has 0 atom stereocenters. The highest BCUT2D eigenvalue weighted by Crippen LogP contribution is 2.23. The van der Waals surface area contributed by atoms with Gasteiger partial charge in [-0.05, 0) is 37.5 Å². The predicted octanol–water partition coefficient (Wildman–Crippen LogP) is 3.05. The summed E-state index contributed by atoms with van der Waals surface area (Å²) in [5, 5.41) is 3.86. The zero-order valence-corrected chi connectivity index (χ0v) is 12.4. The first kappa shape index (κ1) is 13.8. The second-order valence-electron chi connectivity index (χ2n) is 5.04. The van der Waals surface area contributed by atoms with Crippen LogP contribution in [0.2, 0.25) is 0 Å². The van der Waals surface area contributed by atoms with Crippen molar-refractivity contribution in [2.75, 3.05) is 0 Å². The Labute approximate surface area is 124 Å². The van der Waals surface area contributed by atoms with Crippen molar-refractivity contribution in [2.24, 2.45) is 5.16 Å². The second-order valence-corrected chi connectivity index (χ2v) is 6.57. The zero-order chi connectivity index (χ0) is 14.9. The molecule has 0 heterocycles. The summed E-state index contributed by atoms with van der Waals surface area (Å²) in [6.07, 6.45) is 1.56. The molecule has 0 saturated carbocycles. The van der Waals surface area contributed by atoms with Gasteiger partial charge in [0.1, 0.15) is 4.90 Å². The van der Waals surface area contributed by atoms with E-state index in [1.54, 1.807) is 12.1 Å². The van der Waals surface area contributed by atoms with E-state index in [4.69, 9.17) is 4.28 Å². The van der Waals surface area contributed by atoms with E-state index >= 15 is 0 Å². The Morgan fingerprint density at radius 1 is 1.00 bits per heavy atom. The maximum Gasteiger partial charge on any atom is 0.358 e. The fourth-order valence-corrected chi connectivity index (χ4v) is 3.09. The molecule has 0 spiro atoms. The van der Waals surface area contributed by atoms with Crippen LogP contribution in [-0.4, -0.2) is 14.1 Å². The van der Waals surface area contributed by atoms with Crippen molar-refractivity contribution >= 4 is 15.8 Å². The summed E-state index contributed by atoms with van der Waals surface area (Å²) in [6, 6.07) is 14.3. The lowest BCUT2D eigenvalue weighted by Gasteiger charge is -2.03. The molecule has 4 nitrogen and oxygen atoms in total. The Morgan fingerprint density at radius 3 is 2.48 bits per heavy atom. The van der Waals surface area contributed by atoms with Gasteiger partial charge in [-0.3, -0.25) is 4.28 Å². The van der Waals surface area contributed by atoms with Crippen LogP contribution >= 0.6 is 0 Å². The Bertz CT molecular complexity index is 793. The summed E-state index contributed by atoms with van der Waals surface area (Å²) in [6.45, 7) is 1.90. The summed E-state index contributed by atoms with van der Waals surface area (Å²) in [5.41, 5.74) is 3.82. The van der Waals surface area contributed by atoms with E-state index in [9.17, 15) is 8.42 Å². The van der Waals surface area contributed by atoms with Crippen LogP contribution in [0, 0.1) is 6.92 Å². The largest absolute Gasteiger partial charge is 0.358 e. The first-order valence-electron chi connectivity index (χ1n) is 6.72. The van der Waals surface area contributed by atoms with Gasteiger partial charge in [0, 0.05) is 5.56 Å². The first-order chi connectivity index (χ1) is 10.1. The van der Waals surface area contributed by atoms with Crippen molar-refractivity contribution in [1.82, 2.24) is 0 Å². The van der Waals surface area contributed by atoms with E-state index in [-0.39, 0.29) is 4.90 Å². The number of benzene rings is 2. The average Bonchev–Trinajstić information content (AvgIpc) is 2.89. The minimum Gasteiger partial charge on any atom is -0.264 e. The van der Waals surface area contributed by atoms with Crippen LogP contribution in [-0.2, 0) is 20.8 Å². The van der Waals surface area contributed by atoms with Gasteiger partial charge in [0.25, 0.3) is 0 Å². The van der Waals surface area contributed by atoms with E-state index in [1.165, 1.54) is 17.7 Å². The van der Waals surface area contributed by atoms with Gasteiger partial charge in [0.15, 0.2) is 0 Å². The maximum absolute atomic E-state index is 12.1. The summed E-state index contributed by atoms with van der Waals surface area (Å²) in [5.74, 6) is 0. The van der Waals surface area contributed by atoms with Crippen molar-refractivity contribution in [1.29, 1.82) is 0 Å². The summed E-state index contributed by atoms with van der Waals surface area (Å²) in [7, 11) is -3.85. The topological polar surface area (TPSA) is 55.7 Å². The third-order valence-corrected chi connectivity index (χ3v) is 4.63. The number of aryl methyl sites for hydroxylation is 2. The smallest absolute Gasteiger partial charge is 0.264 e. The van der Waals surface area contributed by atoms with Gasteiger partial charge < -0.3 is 0 Å². The fraction of sp³-hybridized carbons (Fsp3) is 0.188. The second kappa shape index (κ2) is 5.33. The van der Waals surface area contributed by atoms with Gasteiger partial charge in [-0.25, -0.2) is 0 Å². The van der Waals surface area contributed by atoms with Crippen molar-refractivity contribution in [3.63, 3.8) is 0 Å². The van der Waals surface area contributed by atoms with Crippen molar-refractivity contribution < 1.29 is 12.7 Å². The molecule has 2 aromatic carbocycles. The molecule has 0 unspecified atom stereocenters. The molecule has 0 amide bonds. The normalized spacial score (nSPS) is 16.0. The van der Waals surface area contributed by atoms with E-state index in [0.717, 1.165) is 17.5 Å². The number of fused-ring (bicyclic) bond motifs is 1. The Morgan fingerprint density at radius 2 is 1.71 bits per heavy atom. The van der Waals surface area contributed by atoms with Gasteiger partial charge in [0.05, 0.1) is 5.71 Å².